The zero-order valence-electron chi connectivity index (χ0n) is 17.4. The summed E-state index contributed by atoms with van der Waals surface area (Å²) in [5.74, 6) is -0.178. The van der Waals surface area contributed by atoms with Gasteiger partial charge in [0.25, 0.3) is 5.19 Å². The summed E-state index contributed by atoms with van der Waals surface area (Å²) < 4.78 is 40.4. The van der Waals surface area contributed by atoms with Gasteiger partial charge in [-0.05, 0) is 54.8 Å². The number of methoxy groups -OCH3 is 1. The third kappa shape index (κ3) is 5.57. The molecule has 2 aromatic carbocycles. The molecule has 1 atom stereocenters. The fourth-order valence-corrected chi connectivity index (χ4v) is 5.70. The number of carbonyl (C=O) groups excluding carboxylic acids is 1. The molecule has 1 N–H and O–H groups in total. The number of amides is 1. The third-order valence-electron chi connectivity index (χ3n) is 5.09. The lowest BCUT2D eigenvalue weighted by Gasteiger charge is -2.25. The van der Waals surface area contributed by atoms with Crippen LogP contribution in [0.5, 0.6) is 10.9 Å². The Bertz CT molecular complexity index is 1300. The van der Waals surface area contributed by atoms with E-state index in [1.165, 1.54) is 13.2 Å². The first-order valence-corrected chi connectivity index (χ1v) is 13.0. The average Bonchev–Trinajstić information content (AvgIpc) is 3.22. The Morgan fingerprint density at radius 1 is 1.21 bits per heavy atom. The van der Waals surface area contributed by atoms with Crippen molar-refractivity contribution in [2.75, 3.05) is 19.0 Å². The highest BCUT2D eigenvalue weighted by Crippen LogP contribution is 2.32. The number of aromatic nitrogens is 2. The Balaban J connectivity index is 1.44. The molecule has 4 rings (SSSR count). The van der Waals surface area contributed by atoms with Crippen LogP contribution in [-0.2, 0) is 26.8 Å². The molecule has 0 radical (unpaired) electrons. The molecular weight excluding hydrogens is 509 g/mol. The highest BCUT2D eigenvalue weighted by molar-refractivity contribution is 7.90. The number of anilines is 1. The zero-order chi connectivity index (χ0) is 23.6. The van der Waals surface area contributed by atoms with Gasteiger partial charge in [-0.15, -0.1) is 0 Å². The lowest BCUT2D eigenvalue weighted by atomic mass is 9.91. The number of hydrogen-bond donors (Lipinski definition) is 1. The first-order chi connectivity index (χ1) is 15.7. The van der Waals surface area contributed by atoms with E-state index in [9.17, 15) is 13.2 Å². The molecule has 1 aliphatic rings. The Hall–Kier alpha value is -2.40. The summed E-state index contributed by atoms with van der Waals surface area (Å²) in [7, 11) is -2.22. The maximum absolute atomic E-state index is 12.9. The van der Waals surface area contributed by atoms with Crippen LogP contribution in [0.25, 0.3) is 0 Å². The van der Waals surface area contributed by atoms with Gasteiger partial charge in [0.1, 0.15) is 11.5 Å². The molecular formula is C21H19Cl2N3O5S2. The van der Waals surface area contributed by atoms with Crippen LogP contribution >= 0.6 is 34.7 Å². The van der Waals surface area contributed by atoms with Gasteiger partial charge in [-0.3, -0.25) is 4.79 Å². The van der Waals surface area contributed by atoms with Gasteiger partial charge in [-0.25, -0.2) is 8.42 Å². The van der Waals surface area contributed by atoms with Crippen LogP contribution < -0.4 is 14.8 Å². The van der Waals surface area contributed by atoms with Crippen molar-refractivity contribution in [3.8, 4) is 10.9 Å². The van der Waals surface area contributed by atoms with Crippen molar-refractivity contribution in [3.63, 3.8) is 0 Å². The number of halogens is 2. The molecule has 3 aromatic rings. The standard InChI is InChI=1S/C21H19Cl2N3O5S2/c1-30-21-25-19(26-32-21)11-33(28,29)15-3-4-17-13(9-15)8-12(20(27)24-17)6-7-31-18-5-2-14(22)10-16(18)23/h2-5,9-10,12H,6-8,11H2,1H3,(H,24,27). The maximum Gasteiger partial charge on any atom is 0.292 e. The summed E-state index contributed by atoms with van der Waals surface area (Å²) in [6.07, 6.45) is 0.828. The van der Waals surface area contributed by atoms with Gasteiger partial charge >= 0.3 is 0 Å². The summed E-state index contributed by atoms with van der Waals surface area (Å²) in [4.78, 5) is 16.7. The van der Waals surface area contributed by atoms with Gasteiger partial charge in [-0.1, -0.05) is 23.2 Å². The van der Waals surface area contributed by atoms with Gasteiger partial charge in [0.05, 0.1) is 23.6 Å². The number of nitrogens with one attached hydrogen (secondary N) is 1. The van der Waals surface area contributed by atoms with E-state index in [0.717, 1.165) is 17.1 Å². The molecule has 1 amide bonds. The molecule has 12 heteroatoms. The van der Waals surface area contributed by atoms with E-state index in [2.05, 4.69) is 14.7 Å². The fraction of sp³-hybridized carbons (Fsp3) is 0.286. The molecule has 33 heavy (non-hydrogen) atoms. The van der Waals surface area contributed by atoms with E-state index in [-0.39, 0.29) is 34.9 Å². The quantitative estimate of drug-likeness (QED) is 0.462. The second-order valence-corrected chi connectivity index (χ2v) is 10.9. The second-order valence-electron chi connectivity index (χ2n) is 7.36. The van der Waals surface area contributed by atoms with Crippen LogP contribution in [0.2, 0.25) is 10.0 Å². The minimum absolute atomic E-state index is 0.136. The van der Waals surface area contributed by atoms with Gasteiger partial charge in [-0.2, -0.15) is 9.36 Å². The van der Waals surface area contributed by atoms with Gasteiger partial charge < -0.3 is 14.8 Å². The molecule has 0 fully saturated rings. The number of sulfone groups is 1. The van der Waals surface area contributed by atoms with Crippen molar-refractivity contribution in [2.45, 2.75) is 23.5 Å². The van der Waals surface area contributed by atoms with Crippen LogP contribution in [0.3, 0.4) is 0 Å². The predicted molar refractivity (Wildman–Crippen MR) is 126 cm³/mol. The van der Waals surface area contributed by atoms with Crippen LogP contribution in [0, 0.1) is 5.92 Å². The SMILES string of the molecule is COc1nc(CS(=O)(=O)c2ccc3c(c2)CC(CCOc2ccc(Cl)cc2Cl)C(=O)N3)ns1. The molecule has 1 aliphatic heterocycles. The fourth-order valence-electron chi connectivity index (χ4n) is 3.42. The molecule has 174 valence electrons. The Labute approximate surface area is 204 Å². The van der Waals surface area contributed by atoms with E-state index >= 15 is 0 Å². The van der Waals surface area contributed by atoms with Crippen molar-refractivity contribution >= 4 is 56.2 Å². The summed E-state index contributed by atoms with van der Waals surface area (Å²) >= 11 is 13.0. The number of ether oxygens (including phenoxy) is 2. The topological polar surface area (TPSA) is 107 Å². The molecule has 0 saturated heterocycles. The third-order valence-corrected chi connectivity index (χ3v) is 7.95. The van der Waals surface area contributed by atoms with Gasteiger partial charge in [0, 0.05) is 28.2 Å². The van der Waals surface area contributed by atoms with E-state index < -0.39 is 9.84 Å². The zero-order valence-corrected chi connectivity index (χ0v) is 20.5. The lowest BCUT2D eigenvalue weighted by Crippen LogP contribution is -2.31. The first kappa shape index (κ1) is 23.7. The summed E-state index contributed by atoms with van der Waals surface area (Å²) in [6.45, 7) is 0.268. The van der Waals surface area contributed by atoms with E-state index in [1.54, 1.807) is 30.3 Å². The monoisotopic (exact) mass is 527 g/mol. The first-order valence-electron chi connectivity index (χ1n) is 9.86. The minimum atomic E-state index is -3.67. The Morgan fingerprint density at radius 3 is 2.76 bits per heavy atom. The highest BCUT2D eigenvalue weighted by Gasteiger charge is 2.28. The number of rotatable bonds is 8. The molecule has 2 heterocycles. The van der Waals surface area contributed by atoms with Gasteiger partial charge in [0.2, 0.25) is 5.91 Å². The number of nitrogens with zero attached hydrogens (tertiary/aromatic N) is 2. The van der Waals surface area contributed by atoms with E-state index in [0.29, 0.717) is 39.5 Å². The van der Waals surface area contributed by atoms with Crippen molar-refractivity contribution < 1.29 is 22.7 Å². The second kappa shape index (κ2) is 9.84. The molecule has 1 aromatic heterocycles. The summed E-state index contributed by atoms with van der Waals surface area (Å²) in [5, 5.41) is 4.05. The largest absolute Gasteiger partial charge is 0.492 e. The van der Waals surface area contributed by atoms with Crippen molar-refractivity contribution in [1.82, 2.24) is 9.36 Å². The number of hydrogen-bond acceptors (Lipinski definition) is 8. The molecule has 0 bridgehead atoms. The van der Waals surface area contributed by atoms with Crippen LogP contribution in [-0.4, -0.2) is 37.4 Å². The average molecular weight is 528 g/mol. The number of carbonyl (C=O) groups is 1. The highest BCUT2D eigenvalue weighted by atomic mass is 35.5. The smallest absolute Gasteiger partial charge is 0.292 e. The number of benzene rings is 2. The lowest BCUT2D eigenvalue weighted by molar-refractivity contribution is -0.120. The summed E-state index contributed by atoms with van der Waals surface area (Å²) in [6, 6.07) is 9.61. The van der Waals surface area contributed by atoms with Crippen molar-refractivity contribution in [1.29, 1.82) is 0 Å². The Kier molecular flexibility index (Phi) is 7.08. The molecule has 0 spiro atoms. The molecule has 0 aliphatic carbocycles. The molecule has 0 saturated carbocycles. The molecule has 8 nitrogen and oxygen atoms in total. The van der Waals surface area contributed by atoms with Crippen molar-refractivity contribution in [3.05, 3.63) is 57.8 Å². The number of fused-ring (bicyclic) bond motifs is 1. The van der Waals surface area contributed by atoms with E-state index in [4.69, 9.17) is 32.7 Å². The van der Waals surface area contributed by atoms with Crippen LogP contribution in [0.4, 0.5) is 5.69 Å². The van der Waals surface area contributed by atoms with Crippen LogP contribution in [0.15, 0.2) is 41.3 Å². The van der Waals surface area contributed by atoms with E-state index in [1.807, 2.05) is 0 Å². The maximum atomic E-state index is 12.9. The van der Waals surface area contributed by atoms with Gasteiger partial charge in [0.15, 0.2) is 15.7 Å². The van der Waals surface area contributed by atoms with Crippen LogP contribution in [0.1, 0.15) is 17.8 Å². The Morgan fingerprint density at radius 2 is 2.03 bits per heavy atom. The normalized spacial score (nSPS) is 15.6. The summed E-state index contributed by atoms with van der Waals surface area (Å²) in [5.41, 5.74) is 1.35. The minimum Gasteiger partial charge on any atom is -0.492 e. The predicted octanol–water partition coefficient (Wildman–Crippen LogP) is 4.41. The molecule has 1 unspecified atom stereocenters. The van der Waals surface area contributed by atoms with Crippen molar-refractivity contribution in [2.24, 2.45) is 5.92 Å².